The van der Waals surface area contributed by atoms with Gasteiger partial charge in [0.05, 0.1) is 5.56 Å². The molecule has 5 rings (SSSR count). The lowest BCUT2D eigenvalue weighted by molar-refractivity contribution is 0.00699. The highest BCUT2D eigenvalue weighted by molar-refractivity contribution is 7.17. The number of esters is 1. The Labute approximate surface area is 233 Å². The Morgan fingerprint density at radius 1 is 1.03 bits per heavy atom. The van der Waals surface area contributed by atoms with E-state index in [9.17, 15) is 9.59 Å². The van der Waals surface area contributed by atoms with Gasteiger partial charge in [0.25, 0.3) is 0 Å². The number of carbonyl (C=O) groups excluding carboxylic acids is 2. The minimum Gasteiger partial charge on any atom is -0.456 e. The van der Waals surface area contributed by atoms with Crippen molar-refractivity contribution in [1.82, 2.24) is 14.8 Å². The van der Waals surface area contributed by atoms with Crippen LogP contribution in [0.2, 0.25) is 0 Å². The summed E-state index contributed by atoms with van der Waals surface area (Å²) in [6.45, 7) is 12.5. The quantitative estimate of drug-likeness (QED) is 0.340. The molecule has 2 amide bonds. The van der Waals surface area contributed by atoms with Crippen LogP contribution in [0.4, 0.5) is 9.80 Å². The van der Waals surface area contributed by atoms with Gasteiger partial charge in [-0.3, -0.25) is 10.2 Å². The Balaban J connectivity index is 1.36. The summed E-state index contributed by atoms with van der Waals surface area (Å²) < 4.78 is 7.87. The number of nitrogens with zero attached hydrogens (tertiary/aromatic N) is 2. The molecular formula is C29H38N4O3S2. The first-order chi connectivity index (χ1) is 18.1. The van der Waals surface area contributed by atoms with E-state index in [1.807, 2.05) is 44.2 Å². The minimum absolute atomic E-state index is 0.300. The summed E-state index contributed by atoms with van der Waals surface area (Å²) in [4.78, 5) is 31.4. The molecule has 2 aliphatic rings. The smallest absolute Gasteiger partial charge is 0.341 e. The Morgan fingerprint density at radius 2 is 1.76 bits per heavy atom. The third kappa shape index (κ3) is 5.70. The summed E-state index contributed by atoms with van der Waals surface area (Å²) in [5.41, 5.74) is 3.51. The molecule has 3 aromatic rings. The van der Waals surface area contributed by atoms with Gasteiger partial charge in [-0.15, -0.1) is 22.7 Å². The summed E-state index contributed by atoms with van der Waals surface area (Å²) in [5.74, 6) is -0.358. The van der Waals surface area contributed by atoms with Crippen molar-refractivity contribution in [1.29, 1.82) is 0 Å². The number of ether oxygens (including phenoxy) is 1. The molecular weight excluding hydrogens is 516 g/mol. The van der Waals surface area contributed by atoms with Crippen LogP contribution < -0.4 is 10.6 Å². The number of carbonyl (C=O) groups is 2. The van der Waals surface area contributed by atoms with Gasteiger partial charge in [0.15, 0.2) is 0 Å². The van der Waals surface area contributed by atoms with Crippen LogP contribution >= 0.6 is 22.7 Å². The van der Waals surface area contributed by atoms with Crippen molar-refractivity contribution < 1.29 is 14.3 Å². The van der Waals surface area contributed by atoms with Crippen LogP contribution in [0, 0.1) is 0 Å². The molecule has 204 valence electrons. The molecule has 0 radical (unpaired) electrons. The number of urea groups is 1. The van der Waals surface area contributed by atoms with Crippen molar-refractivity contribution in [2.24, 2.45) is 0 Å². The second-order valence-corrected chi connectivity index (χ2v) is 13.6. The van der Waals surface area contributed by atoms with Crippen LogP contribution in [-0.2, 0) is 37.1 Å². The third-order valence-corrected chi connectivity index (χ3v) is 9.65. The zero-order valence-corrected chi connectivity index (χ0v) is 24.6. The largest absolute Gasteiger partial charge is 0.456 e. The van der Waals surface area contributed by atoms with Crippen molar-refractivity contribution in [3.63, 3.8) is 0 Å². The zero-order chi connectivity index (χ0) is 27.0. The minimum atomic E-state index is -0.599. The number of amides is 2. The van der Waals surface area contributed by atoms with Gasteiger partial charge in [0, 0.05) is 53.4 Å². The second-order valence-electron chi connectivity index (χ2n) is 11.4. The average molecular weight is 555 g/mol. The molecule has 38 heavy (non-hydrogen) atoms. The van der Waals surface area contributed by atoms with Crippen LogP contribution in [0.5, 0.6) is 0 Å². The summed E-state index contributed by atoms with van der Waals surface area (Å²) >= 11 is 3.33. The Morgan fingerprint density at radius 3 is 2.47 bits per heavy atom. The van der Waals surface area contributed by atoms with Gasteiger partial charge in [-0.25, -0.2) is 9.59 Å². The first kappa shape index (κ1) is 27.0. The average Bonchev–Trinajstić information content (AvgIpc) is 3.57. The number of aromatic nitrogens is 1. The Kier molecular flexibility index (Phi) is 7.71. The third-order valence-electron chi connectivity index (χ3n) is 7.17. The van der Waals surface area contributed by atoms with Gasteiger partial charge in [-0.2, -0.15) is 0 Å². The predicted molar refractivity (Wildman–Crippen MR) is 155 cm³/mol. The topological polar surface area (TPSA) is 75.6 Å². The molecule has 0 bridgehead atoms. The maximum atomic E-state index is 13.2. The molecule has 1 aliphatic carbocycles. The van der Waals surface area contributed by atoms with Crippen LogP contribution in [0.1, 0.15) is 84.3 Å². The molecule has 2 N–H and O–H groups in total. The molecule has 4 heterocycles. The molecule has 0 atom stereocenters. The van der Waals surface area contributed by atoms with Gasteiger partial charge >= 0.3 is 12.0 Å². The molecule has 0 spiro atoms. The number of thiophene rings is 2. The molecule has 0 unspecified atom stereocenters. The van der Waals surface area contributed by atoms with Gasteiger partial charge < -0.3 is 14.6 Å². The summed E-state index contributed by atoms with van der Waals surface area (Å²) in [6.07, 6.45) is 9.03. The SMILES string of the molecule is CC(C)N1CCc2c(sc(-n3cccc3)c2CNC(=O)Nc2sc3c(c2C(=O)OC(C)(C)C)CCCC3)C1. The summed E-state index contributed by atoms with van der Waals surface area (Å²) in [5, 5.41) is 7.86. The summed E-state index contributed by atoms with van der Waals surface area (Å²) in [7, 11) is 0. The summed E-state index contributed by atoms with van der Waals surface area (Å²) in [6, 6.07) is 4.26. The molecule has 1 aliphatic heterocycles. The number of hydrogen-bond acceptors (Lipinski definition) is 6. The molecule has 0 saturated carbocycles. The van der Waals surface area contributed by atoms with E-state index < -0.39 is 5.60 Å². The highest BCUT2D eigenvalue weighted by atomic mass is 32.1. The van der Waals surface area contributed by atoms with E-state index in [0.29, 0.717) is 23.2 Å². The van der Waals surface area contributed by atoms with Crippen LogP contribution in [0.3, 0.4) is 0 Å². The monoisotopic (exact) mass is 554 g/mol. The van der Waals surface area contributed by atoms with Crippen LogP contribution in [-0.4, -0.2) is 39.7 Å². The van der Waals surface area contributed by atoms with Crippen molar-refractivity contribution in [2.75, 3.05) is 11.9 Å². The van der Waals surface area contributed by atoms with Crippen molar-refractivity contribution in [3.05, 3.63) is 56.5 Å². The number of aryl methyl sites for hydroxylation is 1. The standard InChI is InChI=1S/C29H38N4O3S2/c1-18(2)33-15-12-19-21(26(38-23(19)17-33)32-13-8-9-14-32)16-30-28(35)31-25-24(27(34)36-29(3,4)5)20-10-6-7-11-22(20)37-25/h8-9,13-14,18H,6-7,10-12,15-17H2,1-5H3,(H2,30,31,35). The lowest BCUT2D eigenvalue weighted by Crippen LogP contribution is -2.35. The number of hydrogen-bond donors (Lipinski definition) is 2. The van der Waals surface area contributed by atoms with Crippen molar-refractivity contribution in [2.45, 2.75) is 91.5 Å². The highest BCUT2D eigenvalue weighted by Gasteiger charge is 2.30. The molecule has 0 aromatic carbocycles. The lowest BCUT2D eigenvalue weighted by Gasteiger charge is -2.30. The fourth-order valence-corrected chi connectivity index (χ4v) is 7.92. The van der Waals surface area contributed by atoms with Gasteiger partial charge in [-0.1, -0.05) is 0 Å². The van der Waals surface area contributed by atoms with Crippen molar-refractivity contribution >= 4 is 39.7 Å². The number of nitrogens with one attached hydrogen (secondary N) is 2. The maximum Gasteiger partial charge on any atom is 0.341 e. The van der Waals surface area contributed by atoms with Gasteiger partial charge in [0.2, 0.25) is 0 Å². The number of anilines is 1. The van der Waals surface area contributed by atoms with Crippen LogP contribution in [0.15, 0.2) is 24.5 Å². The van der Waals surface area contributed by atoms with E-state index in [2.05, 4.69) is 46.3 Å². The van der Waals surface area contributed by atoms with Crippen LogP contribution in [0.25, 0.3) is 5.00 Å². The van der Waals surface area contributed by atoms with E-state index in [-0.39, 0.29) is 12.0 Å². The molecule has 0 fully saturated rings. The van der Waals surface area contributed by atoms with Gasteiger partial charge in [0.1, 0.15) is 15.6 Å². The van der Waals surface area contributed by atoms with E-state index in [4.69, 9.17) is 4.74 Å². The Hall–Kier alpha value is -2.62. The predicted octanol–water partition coefficient (Wildman–Crippen LogP) is 6.52. The lowest BCUT2D eigenvalue weighted by atomic mass is 9.95. The second kappa shape index (κ2) is 10.9. The molecule has 0 saturated heterocycles. The molecule has 3 aromatic heterocycles. The number of rotatable bonds is 6. The fourth-order valence-electron chi connectivity index (χ4n) is 5.29. The fraction of sp³-hybridized carbons (Fsp3) is 0.517. The van der Waals surface area contributed by atoms with E-state index in [1.54, 1.807) is 0 Å². The normalized spacial score (nSPS) is 15.7. The zero-order valence-electron chi connectivity index (χ0n) is 23.0. The Bertz CT molecular complexity index is 1310. The van der Waals surface area contributed by atoms with Gasteiger partial charge in [-0.05, 0) is 90.0 Å². The molecule has 9 heteroatoms. The maximum absolute atomic E-state index is 13.2. The highest BCUT2D eigenvalue weighted by Crippen LogP contribution is 2.39. The van der Waals surface area contributed by atoms with E-state index >= 15 is 0 Å². The number of fused-ring (bicyclic) bond motifs is 2. The first-order valence-electron chi connectivity index (χ1n) is 13.5. The van der Waals surface area contributed by atoms with E-state index in [1.165, 1.54) is 32.2 Å². The molecule has 7 nitrogen and oxygen atoms in total. The van der Waals surface area contributed by atoms with E-state index in [0.717, 1.165) is 55.8 Å². The van der Waals surface area contributed by atoms with Crippen molar-refractivity contribution in [3.8, 4) is 5.00 Å². The first-order valence-corrected chi connectivity index (χ1v) is 15.2.